The number of nitrogens with two attached hydrogens (primary N) is 1. The fourth-order valence-corrected chi connectivity index (χ4v) is 2.05. The molecule has 0 aliphatic carbocycles. The number of rotatable bonds is 2. The average molecular weight is 235 g/mol. The normalized spacial score (nSPS) is 11.3. The number of hydrogen-bond donors (Lipinski definition) is 1. The number of nitrogen functional groups attached to an aromatic ring is 1. The van der Waals surface area contributed by atoms with Crippen LogP contribution in [0.3, 0.4) is 0 Å². The molecule has 3 aromatic rings. The first-order valence-corrected chi connectivity index (χ1v) is 5.61. The van der Waals surface area contributed by atoms with Gasteiger partial charge in [0, 0.05) is 12.7 Å². The molecule has 0 aromatic carbocycles. The summed E-state index contributed by atoms with van der Waals surface area (Å²) < 4.78 is 3.44. The van der Waals surface area contributed by atoms with Gasteiger partial charge in [0.15, 0.2) is 0 Å². The second-order valence-electron chi connectivity index (χ2n) is 3.21. The van der Waals surface area contributed by atoms with E-state index in [0.29, 0.717) is 15.9 Å². The summed E-state index contributed by atoms with van der Waals surface area (Å²) in [6, 6.07) is 1.88. The highest BCUT2D eigenvalue weighted by atomic mass is 32.1. The maximum Gasteiger partial charge on any atom is 0.236 e. The minimum atomic E-state index is 0.473. The van der Waals surface area contributed by atoms with Gasteiger partial charge in [-0.05, 0) is 13.0 Å². The van der Waals surface area contributed by atoms with Crippen LogP contribution < -0.4 is 5.73 Å². The van der Waals surface area contributed by atoms with Crippen molar-refractivity contribution in [2.45, 2.75) is 13.5 Å². The highest BCUT2D eigenvalue weighted by molar-refractivity contribution is 7.20. The molecule has 0 bridgehead atoms. The first-order valence-electron chi connectivity index (χ1n) is 4.79. The molecule has 0 saturated carbocycles. The number of hydrogen-bond acceptors (Lipinski definition) is 6. The smallest absolute Gasteiger partial charge is 0.236 e. The number of aryl methyl sites for hydroxylation is 1. The second kappa shape index (κ2) is 3.27. The van der Waals surface area contributed by atoms with E-state index in [2.05, 4.69) is 20.4 Å². The molecule has 2 N–H and O–H groups in total. The van der Waals surface area contributed by atoms with Crippen LogP contribution in [0.25, 0.3) is 16.5 Å². The van der Waals surface area contributed by atoms with E-state index in [0.717, 1.165) is 12.2 Å². The molecule has 0 aliphatic rings. The second-order valence-corrected chi connectivity index (χ2v) is 4.20. The van der Waals surface area contributed by atoms with E-state index in [9.17, 15) is 0 Å². The Balaban J connectivity index is 2.17. The molecule has 0 radical (unpaired) electrons. The minimum absolute atomic E-state index is 0.473. The molecule has 0 spiro atoms. The van der Waals surface area contributed by atoms with Crippen LogP contribution in [0.5, 0.6) is 0 Å². The summed E-state index contributed by atoms with van der Waals surface area (Å²) in [4.78, 5) is 0.679. The van der Waals surface area contributed by atoms with Gasteiger partial charge in [-0.3, -0.25) is 4.68 Å². The fraction of sp³-hybridized carbons (Fsp3) is 0.250. The van der Waals surface area contributed by atoms with Gasteiger partial charge < -0.3 is 5.73 Å². The van der Waals surface area contributed by atoms with Gasteiger partial charge in [-0.1, -0.05) is 11.3 Å². The van der Waals surface area contributed by atoms with Crippen molar-refractivity contribution in [3.05, 3.63) is 12.3 Å². The average Bonchev–Trinajstić information content (AvgIpc) is 2.91. The van der Waals surface area contributed by atoms with E-state index in [1.807, 2.05) is 23.9 Å². The van der Waals surface area contributed by atoms with Crippen LogP contribution in [0.4, 0.5) is 5.13 Å². The minimum Gasteiger partial charge on any atom is -0.374 e. The van der Waals surface area contributed by atoms with Crippen LogP contribution in [-0.2, 0) is 6.54 Å². The highest BCUT2D eigenvalue weighted by Gasteiger charge is 2.14. The molecule has 8 heteroatoms. The van der Waals surface area contributed by atoms with Gasteiger partial charge in [0.25, 0.3) is 0 Å². The topological polar surface area (TPSA) is 86.9 Å². The zero-order chi connectivity index (χ0) is 11.1. The van der Waals surface area contributed by atoms with E-state index in [4.69, 9.17) is 5.73 Å². The molecule has 3 heterocycles. The Morgan fingerprint density at radius 3 is 3.00 bits per heavy atom. The van der Waals surface area contributed by atoms with Gasteiger partial charge in [0.1, 0.15) is 5.69 Å². The molecule has 0 saturated heterocycles. The maximum absolute atomic E-state index is 5.61. The van der Waals surface area contributed by atoms with Crippen LogP contribution >= 0.6 is 11.3 Å². The predicted molar refractivity (Wildman–Crippen MR) is 60.0 cm³/mol. The Bertz CT molecular complexity index is 634. The maximum atomic E-state index is 5.61. The standard InChI is InChI=1S/C8H9N7S/c1-2-14-4-3-5(12-14)6-10-11-8-15(6)13-7(9)16-8/h3-4H,2H2,1H3,(H2,9,13). The first-order chi connectivity index (χ1) is 7.78. The molecular formula is C8H9N7S. The van der Waals surface area contributed by atoms with Gasteiger partial charge in [-0.25, -0.2) is 0 Å². The van der Waals surface area contributed by atoms with Crippen molar-refractivity contribution in [2.75, 3.05) is 5.73 Å². The summed E-state index contributed by atoms with van der Waals surface area (Å²) in [5.41, 5.74) is 6.36. The molecule has 3 rings (SSSR count). The summed E-state index contributed by atoms with van der Waals surface area (Å²) in [6.07, 6.45) is 1.89. The summed E-state index contributed by atoms with van der Waals surface area (Å²) in [5.74, 6) is 0.621. The van der Waals surface area contributed by atoms with E-state index < -0.39 is 0 Å². The SMILES string of the molecule is CCn1ccc(-c2nnc3sc(N)nn23)n1. The molecule has 16 heavy (non-hydrogen) atoms. The van der Waals surface area contributed by atoms with Gasteiger partial charge in [-0.15, -0.1) is 15.3 Å². The Morgan fingerprint density at radius 2 is 2.25 bits per heavy atom. The lowest BCUT2D eigenvalue weighted by atomic mass is 10.4. The predicted octanol–water partition coefficient (Wildman–Crippen LogP) is 0.651. The number of anilines is 1. The third kappa shape index (κ3) is 1.27. The molecule has 3 aromatic heterocycles. The molecule has 0 atom stereocenters. The van der Waals surface area contributed by atoms with Crippen molar-refractivity contribution in [2.24, 2.45) is 0 Å². The van der Waals surface area contributed by atoms with Gasteiger partial charge >= 0.3 is 0 Å². The van der Waals surface area contributed by atoms with Crippen LogP contribution in [0.2, 0.25) is 0 Å². The van der Waals surface area contributed by atoms with Crippen LogP contribution in [0.1, 0.15) is 6.92 Å². The molecule has 7 nitrogen and oxygen atoms in total. The molecule has 82 valence electrons. The third-order valence-corrected chi connectivity index (χ3v) is 2.93. The summed E-state index contributed by atoms with van der Waals surface area (Å²) in [6.45, 7) is 2.85. The van der Waals surface area contributed by atoms with E-state index in [-0.39, 0.29) is 0 Å². The Labute approximate surface area is 94.5 Å². The largest absolute Gasteiger partial charge is 0.374 e. The van der Waals surface area contributed by atoms with E-state index in [1.54, 1.807) is 4.52 Å². The van der Waals surface area contributed by atoms with Crippen molar-refractivity contribution in [1.82, 2.24) is 29.6 Å². The molecule has 0 aliphatic heterocycles. The Hall–Kier alpha value is -1.96. The summed E-state index contributed by atoms with van der Waals surface area (Å²) >= 11 is 1.30. The summed E-state index contributed by atoms with van der Waals surface area (Å²) in [5, 5.41) is 17.0. The first kappa shape index (κ1) is 9.28. The number of aromatic nitrogens is 6. The quantitative estimate of drug-likeness (QED) is 0.704. The third-order valence-electron chi connectivity index (χ3n) is 2.20. The van der Waals surface area contributed by atoms with E-state index in [1.165, 1.54) is 11.3 Å². The van der Waals surface area contributed by atoms with Crippen LogP contribution in [-0.4, -0.2) is 29.6 Å². The lowest BCUT2D eigenvalue weighted by Crippen LogP contribution is -1.96. The zero-order valence-corrected chi connectivity index (χ0v) is 9.35. The van der Waals surface area contributed by atoms with Gasteiger partial charge in [0.2, 0.25) is 15.9 Å². The van der Waals surface area contributed by atoms with Crippen molar-refractivity contribution >= 4 is 21.4 Å². The lowest BCUT2D eigenvalue weighted by Gasteiger charge is -1.92. The van der Waals surface area contributed by atoms with Crippen molar-refractivity contribution < 1.29 is 0 Å². The lowest BCUT2D eigenvalue weighted by molar-refractivity contribution is 0.660. The van der Waals surface area contributed by atoms with Crippen molar-refractivity contribution in [3.63, 3.8) is 0 Å². The number of fused-ring (bicyclic) bond motifs is 1. The number of nitrogens with zero attached hydrogens (tertiary/aromatic N) is 6. The Kier molecular flexibility index (Phi) is 1.90. The van der Waals surface area contributed by atoms with Crippen molar-refractivity contribution in [3.8, 4) is 11.5 Å². The van der Waals surface area contributed by atoms with Crippen LogP contribution in [0, 0.1) is 0 Å². The monoisotopic (exact) mass is 235 g/mol. The fourth-order valence-electron chi connectivity index (χ4n) is 1.45. The highest BCUT2D eigenvalue weighted by Crippen LogP contribution is 2.20. The van der Waals surface area contributed by atoms with Gasteiger partial charge in [-0.2, -0.15) is 9.61 Å². The molecule has 0 amide bonds. The van der Waals surface area contributed by atoms with Gasteiger partial charge in [0.05, 0.1) is 0 Å². The van der Waals surface area contributed by atoms with Crippen molar-refractivity contribution in [1.29, 1.82) is 0 Å². The molecule has 0 fully saturated rings. The van der Waals surface area contributed by atoms with E-state index >= 15 is 0 Å². The molecular weight excluding hydrogens is 226 g/mol. The zero-order valence-electron chi connectivity index (χ0n) is 8.53. The summed E-state index contributed by atoms with van der Waals surface area (Å²) in [7, 11) is 0. The van der Waals surface area contributed by atoms with Crippen LogP contribution in [0.15, 0.2) is 12.3 Å². The molecule has 0 unspecified atom stereocenters. The Morgan fingerprint density at radius 1 is 1.38 bits per heavy atom.